The van der Waals surface area contributed by atoms with Gasteiger partial charge in [-0.1, -0.05) is 25.5 Å². The maximum absolute atomic E-state index is 2.74. The van der Waals surface area contributed by atoms with Crippen molar-refractivity contribution in [1.29, 1.82) is 0 Å². The zero-order valence-corrected chi connectivity index (χ0v) is 9.84. The summed E-state index contributed by atoms with van der Waals surface area (Å²) in [4.78, 5) is 2.74. The molecule has 2 aliphatic rings. The summed E-state index contributed by atoms with van der Waals surface area (Å²) < 4.78 is 0. The van der Waals surface area contributed by atoms with Crippen LogP contribution >= 0.6 is 0 Å². The van der Waals surface area contributed by atoms with Crippen molar-refractivity contribution in [1.82, 2.24) is 4.90 Å². The Morgan fingerprint density at radius 3 is 2.93 bits per heavy atom. The average molecular weight is 193 g/mol. The lowest BCUT2D eigenvalue weighted by Crippen LogP contribution is -2.39. The van der Waals surface area contributed by atoms with Crippen LogP contribution in [0.15, 0.2) is 11.6 Å². The molecule has 2 rings (SSSR count). The third kappa shape index (κ3) is 1.63. The Hall–Kier alpha value is -0.300. The van der Waals surface area contributed by atoms with Gasteiger partial charge in [0.2, 0.25) is 0 Å². The van der Waals surface area contributed by atoms with Crippen LogP contribution in [0.3, 0.4) is 0 Å². The minimum atomic E-state index is 0.565. The first-order valence-electron chi connectivity index (χ1n) is 6.05. The van der Waals surface area contributed by atoms with Gasteiger partial charge in [0.05, 0.1) is 0 Å². The van der Waals surface area contributed by atoms with Gasteiger partial charge in [0.1, 0.15) is 0 Å². The number of hydrogen-bond acceptors (Lipinski definition) is 1. The number of hydrogen-bond donors (Lipinski definition) is 0. The van der Waals surface area contributed by atoms with Gasteiger partial charge in [0.15, 0.2) is 0 Å². The SMILES string of the molecule is C/C=C1\CN2CCCC2(CC(C)C)C1. The molecule has 0 aromatic heterocycles. The first-order valence-corrected chi connectivity index (χ1v) is 6.05. The van der Waals surface area contributed by atoms with Crippen LogP contribution in [0.2, 0.25) is 0 Å². The fraction of sp³-hybridized carbons (Fsp3) is 0.846. The molecule has 0 aromatic rings. The predicted octanol–water partition coefficient (Wildman–Crippen LogP) is 3.22. The maximum Gasteiger partial charge on any atom is 0.0253 e. The van der Waals surface area contributed by atoms with Crippen LogP contribution in [-0.4, -0.2) is 23.5 Å². The van der Waals surface area contributed by atoms with Crippen molar-refractivity contribution in [2.45, 2.75) is 52.0 Å². The van der Waals surface area contributed by atoms with E-state index in [1.807, 2.05) is 0 Å². The highest BCUT2D eigenvalue weighted by atomic mass is 15.2. The number of rotatable bonds is 2. The molecule has 2 fully saturated rings. The molecule has 0 saturated carbocycles. The monoisotopic (exact) mass is 193 g/mol. The van der Waals surface area contributed by atoms with E-state index >= 15 is 0 Å². The molecule has 1 unspecified atom stereocenters. The van der Waals surface area contributed by atoms with Gasteiger partial charge in [-0.05, 0) is 45.1 Å². The Morgan fingerprint density at radius 2 is 2.29 bits per heavy atom. The summed E-state index contributed by atoms with van der Waals surface area (Å²) in [5.41, 5.74) is 2.24. The van der Waals surface area contributed by atoms with Gasteiger partial charge in [0.25, 0.3) is 0 Å². The molecule has 0 amide bonds. The van der Waals surface area contributed by atoms with E-state index in [2.05, 4.69) is 31.7 Å². The Labute approximate surface area is 88.2 Å². The Kier molecular flexibility index (Phi) is 2.70. The highest BCUT2D eigenvalue weighted by molar-refractivity contribution is 5.19. The summed E-state index contributed by atoms with van der Waals surface area (Å²) in [6, 6.07) is 0. The van der Waals surface area contributed by atoms with Crippen molar-refractivity contribution >= 4 is 0 Å². The molecule has 14 heavy (non-hydrogen) atoms. The van der Waals surface area contributed by atoms with E-state index in [1.165, 1.54) is 38.8 Å². The summed E-state index contributed by atoms with van der Waals surface area (Å²) in [5, 5.41) is 0. The van der Waals surface area contributed by atoms with Crippen LogP contribution in [0.1, 0.15) is 46.5 Å². The number of nitrogens with zero attached hydrogens (tertiary/aromatic N) is 1. The topological polar surface area (TPSA) is 3.24 Å². The highest BCUT2D eigenvalue weighted by Crippen LogP contribution is 2.44. The zero-order chi connectivity index (χ0) is 10.2. The largest absolute Gasteiger partial charge is 0.293 e. The van der Waals surface area contributed by atoms with Crippen molar-refractivity contribution in [3.05, 3.63) is 11.6 Å². The second-order valence-corrected chi connectivity index (χ2v) is 5.47. The van der Waals surface area contributed by atoms with E-state index in [-0.39, 0.29) is 0 Å². The van der Waals surface area contributed by atoms with Gasteiger partial charge in [-0.15, -0.1) is 0 Å². The first kappa shape index (κ1) is 10.2. The fourth-order valence-corrected chi connectivity index (χ4v) is 3.42. The fourth-order valence-electron chi connectivity index (χ4n) is 3.42. The lowest BCUT2D eigenvalue weighted by molar-refractivity contribution is 0.163. The van der Waals surface area contributed by atoms with Gasteiger partial charge < -0.3 is 0 Å². The number of fused-ring (bicyclic) bond motifs is 1. The average Bonchev–Trinajstić information content (AvgIpc) is 2.58. The molecule has 0 radical (unpaired) electrons. The highest BCUT2D eigenvalue weighted by Gasteiger charge is 2.45. The van der Waals surface area contributed by atoms with Gasteiger partial charge >= 0.3 is 0 Å². The van der Waals surface area contributed by atoms with E-state index in [0.29, 0.717) is 5.54 Å². The number of allylic oxidation sites excluding steroid dienone is 1. The summed E-state index contributed by atoms with van der Waals surface area (Å²) >= 11 is 0. The van der Waals surface area contributed by atoms with E-state index in [0.717, 1.165) is 5.92 Å². The summed E-state index contributed by atoms with van der Waals surface area (Å²) in [5.74, 6) is 0.840. The molecule has 0 bridgehead atoms. The molecule has 2 aliphatic heterocycles. The van der Waals surface area contributed by atoms with Crippen LogP contribution in [0, 0.1) is 5.92 Å². The molecule has 2 heterocycles. The second kappa shape index (κ2) is 3.69. The van der Waals surface area contributed by atoms with E-state index < -0.39 is 0 Å². The van der Waals surface area contributed by atoms with Crippen molar-refractivity contribution in [2.75, 3.05) is 13.1 Å². The molecular weight excluding hydrogens is 170 g/mol. The molecule has 0 aromatic carbocycles. The molecule has 2 saturated heterocycles. The summed E-state index contributed by atoms with van der Waals surface area (Å²) in [7, 11) is 0. The Bertz CT molecular complexity index is 242. The van der Waals surface area contributed by atoms with Crippen LogP contribution < -0.4 is 0 Å². The smallest absolute Gasteiger partial charge is 0.0253 e. The molecule has 1 atom stereocenters. The van der Waals surface area contributed by atoms with Crippen molar-refractivity contribution in [2.24, 2.45) is 5.92 Å². The van der Waals surface area contributed by atoms with Crippen LogP contribution in [0.5, 0.6) is 0 Å². The van der Waals surface area contributed by atoms with Gasteiger partial charge in [-0.2, -0.15) is 0 Å². The van der Waals surface area contributed by atoms with Crippen molar-refractivity contribution in [3.8, 4) is 0 Å². The third-order valence-corrected chi connectivity index (χ3v) is 3.89. The normalized spacial score (nSPS) is 35.9. The quantitative estimate of drug-likeness (QED) is 0.609. The summed E-state index contributed by atoms with van der Waals surface area (Å²) in [6.45, 7) is 9.51. The van der Waals surface area contributed by atoms with Crippen LogP contribution in [-0.2, 0) is 0 Å². The van der Waals surface area contributed by atoms with Crippen molar-refractivity contribution < 1.29 is 0 Å². The molecular formula is C13H23N. The lowest BCUT2D eigenvalue weighted by Gasteiger charge is -2.33. The van der Waals surface area contributed by atoms with Crippen LogP contribution in [0.4, 0.5) is 0 Å². The second-order valence-electron chi connectivity index (χ2n) is 5.47. The Balaban J connectivity index is 2.14. The molecule has 0 spiro atoms. The van der Waals surface area contributed by atoms with Gasteiger partial charge in [-0.3, -0.25) is 4.90 Å². The first-order chi connectivity index (χ1) is 6.66. The van der Waals surface area contributed by atoms with Gasteiger partial charge in [0, 0.05) is 12.1 Å². The van der Waals surface area contributed by atoms with Crippen LogP contribution in [0.25, 0.3) is 0 Å². The molecule has 1 heteroatoms. The minimum Gasteiger partial charge on any atom is -0.293 e. The molecule has 0 aliphatic carbocycles. The standard InChI is InChI=1S/C13H23N/c1-4-12-9-13(8-11(2)3)6-5-7-14(13)10-12/h4,11H,5-10H2,1-3H3/b12-4-. The summed E-state index contributed by atoms with van der Waals surface area (Å²) in [6.07, 6.45) is 7.93. The van der Waals surface area contributed by atoms with Gasteiger partial charge in [-0.25, -0.2) is 0 Å². The molecule has 0 N–H and O–H groups in total. The minimum absolute atomic E-state index is 0.565. The molecule has 80 valence electrons. The Morgan fingerprint density at radius 1 is 1.50 bits per heavy atom. The van der Waals surface area contributed by atoms with E-state index in [4.69, 9.17) is 0 Å². The van der Waals surface area contributed by atoms with E-state index in [1.54, 1.807) is 5.57 Å². The molecule has 1 nitrogen and oxygen atoms in total. The lowest BCUT2D eigenvalue weighted by atomic mass is 9.84. The maximum atomic E-state index is 2.74. The predicted molar refractivity (Wildman–Crippen MR) is 61.4 cm³/mol. The van der Waals surface area contributed by atoms with E-state index in [9.17, 15) is 0 Å². The zero-order valence-electron chi connectivity index (χ0n) is 9.84. The van der Waals surface area contributed by atoms with Crippen molar-refractivity contribution in [3.63, 3.8) is 0 Å². The third-order valence-electron chi connectivity index (χ3n) is 3.89.